The van der Waals surface area contributed by atoms with Gasteiger partial charge >= 0.3 is 0 Å². The molecule has 2 amide bonds. The van der Waals surface area contributed by atoms with Crippen LogP contribution in [0.2, 0.25) is 0 Å². The number of aromatic nitrogens is 2. The van der Waals surface area contributed by atoms with Gasteiger partial charge in [-0.1, -0.05) is 127 Å². The lowest BCUT2D eigenvalue weighted by atomic mass is 9.90. The minimum Gasteiger partial charge on any atom is -0.308 e. The molecule has 0 radical (unpaired) electrons. The molecule has 55 heavy (non-hydrogen) atoms. The molecule has 0 spiro atoms. The molecule has 5 heteroatoms. The first-order chi connectivity index (χ1) is 27.1. The van der Waals surface area contributed by atoms with Gasteiger partial charge in [0.05, 0.1) is 33.5 Å². The number of carbonyl (C=O) groups is 2. The first-order valence-electron chi connectivity index (χ1n) is 18.4. The maximum absolute atomic E-state index is 15.3. The zero-order valence-electron chi connectivity index (χ0n) is 30.0. The fraction of sp³-hybridized carbons (Fsp3) is 0.0200. The zero-order chi connectivity index (χ0) is 37.0. The molecular weight excluding hydrogens is 675 g/mol. The van der Waals surface area contributed by atoms with Crippen LogP contribution >= 0.6 is 0 Å². The van der Waals surface area contributed by atoms with Crippen LogP contribution in [0.15, 0.2) is 182 Å². The maximum atomic E-state index is 15.3. The Bertz CT molecular complexity index is 2910. The van der Waals surface area contributed by atoms with E-state index in [1.54, 1.807) is 6.07 Å². The van der Waals surface area contributed by atoms with Gasteiger partial charge in [0, 0.05) is 34.3 Å². The van der Waals surface area contributed by atoms with Gasteiger partial charge in [-0.05, 0) is 88.3 Å². The Labute approximate surface area is 318 Å². The van der Waals surface area contributed by atoms with Gasteiger partial charge in [0.25, 0.3) is 11.8 Å². The van der Waals surface area contributed by atoms with Gasteiger partial charge in [-0.2, -0.15) is 0 Å². The minimum absolute atomic E-state index is 0.350. The monoisotopic (exact) mass is 707 g/mol. The molecule has 0 saturated carbocycles. The summed E-state index contributed by atoms with van der Waals surface area (Å²) >= 11 is 0. The number of hydrogen-bond donors (Lipinski definition) is 0. The van der Waals surface area contributed by atoms with Crippen molar-refractivity contribution in [1.29, 1.82) is 0 Å². The highest BCUT2D eigenvalue weighted by atomic mass is 16.2. The van der Waals surface area contributed by atoms with Crippen molar-refractivity contribution in [3.05, 3.63) is 199 Å². The van der Waals surface area contributed by atoms with E-state index in [0.717, 1.165) is 71.9 Å². The van der Waals surface area contributed by atoms with E-state index in [-0.39, 0.29) is 11.8 Å². The second-order valence-corrected chi connectivity index (χ2v) is 13.9. The number of anilines is 1. The fourth-order valence-corrected chi connectivity index (χ4v) is 8.20. The van der Waals surface area contributed by atoms with Crippen molar-refractivity contribution in [3.63, 3.8) is 0 Å². The Morgan fingerprint density at radius 3 is 1.75 bits per heavy atom. The molecule has 0 unspecified atom stereocenters. The van der Waals surface area contributed by atoms with Gasteiger partial charge in [0.1, 0.15) is 0 Å². The number of pyridine rings is 1. The summed E-state index contributed by atoms with van der Waals surface area (Å²) < 4.78 is 2.15. The number of para-hydroxylation sites is 1. The van der Waals surface area contributed by atoms with E-state index in [0.29, 0.717) is 22.5 Å². The second kappa shape index (κ2) is 12.9. The molecule has 1 aliphatic heterocycles. The van der Waals surface area contributed by atoms with Gasteiger partial charge in [-0.15, -0.1) is 0 Å². The van der Waals surface area contributed by atoms with Crippen LogP contribution in [0.3, 0.4) is 0 Å². The molecule has 10 rings (SSSR count). The van der Waals surface area contributed by atoms with Crippen LogP contribution in [0.25, 0.3) is 72.0 Å². The molecule has 0 aliphatic carbocycles. The van der Waals surface area contributed by atoms with Crippen molar-refractivity contribution in [2.24, 2.45) is 0 Å². The fourth-order valence-electron chi connectivity index (χ4n) is 8.20. The molecule has 5 nitrogen and oxygen atoms in total. The molecule has 0 atom stereocenters. The Kier molecular flexibility index (Phi) is 7.60. The first-order valence-corrected chi connectivity index (χ1v) is 18.4. The Morgan fingerprint density at radius 2 is 1.07 bits per heavy atom. The van der Waals surface area contributed by atoms with E-state index in [1.165, 1.54) is 4.90 Å². The first kappa shape index (κ1) is 32.3. The lowest BCUT2D eigenvalue weighted by Crippen LogP contribution is -2.30. The summed E-state index contributed by atoms with van der Waals surface area (Å²) in [5.74, 6) is -0.706. The third-order valence-corrected chi connectivity index (χ3v) is 10.7. The summed E-state index contributed by atoms with van der Waals surface area (Å²) in [4.78, 5) is 36.0. The van der Waals surface area contributed by atoms with Crippen molar-refractivity contribution < 1.29 is 9.59 Å². The molecule has 7 aromatic carbocycles. The molecule has 0 bridgehead atoms. The van der Waals surface area contributed by atoms with Crippen molar-refractivity contribution in [3.8, 4) is 50.2 Å². The molecule has 1 aliphatic rings. The summed E-state index contributed by atoms with van der Waals surface area (Å²) in [7, 11) is 0. The van der Waals surface area contributed by atoms with Gasteiger partial charge in [0.15, 0.2) is 0 Å². The number of rotatable bonds is 6. The third kappa shape index (κ3) is 5.20. The van der Waals surface area contributed by atoms with Gasteiger partial charge in [-0.25, -0.2) is 4.90 Å². The number of fused-ring (bicyclic) bond motifs is 4. The van der Waals surface area contributed by atoms with Gasteiger partial charge < -0.3 is 4.57 Å². The van der Waals surface area contributed by atoms with E-state index in [9.17, 15) is 4.79 Å². The molecule has 0 saturated heterocycles. The zero-order valence-corrected chi connectivity index (χ0v) is 30.0. The number of nitrogens with zero attached hydrogens (tertiary/aromatic N) is 3. The van der Waals surface area contributed by atoms with Crippen LogP contribution in [-0.4, -0.2) is 21.4 Å². The molecular formula is C50H33N3O2. The maximum Gasteiger partial charge on any atom is 0.268 e. The van der Waals surface area contributed by atoms with Crippen LogP contribution < -0.4 is 4.90 Å². The average molecular weight is 708 g/mol. The van der Waals surface area contributed by atoms with Crippen molar-refractivity contribution in [2.75, 3.05) is 4.90 Å². The summed E-state index contributed by atoms with van der Waals surface area (Å²) in [5.41, 5.74) is 12.5. The number of imide groups is 1. The van der Waals surface area contributed by atoms with Crippen molar-refractivity contribution in [1.82, 2.24) is 9.55 Å². The highest BCUT2D eigenvalue weighted by molar-refractivity contribution is 6.37. The highest BCUT2D eigenvalue weighted by Gasteiger charge is 2.41. The number of benzene rings is 7. The molecule has 3 heterocycles. The standard InChI is InChI=1S/C50H33N3O2/c1-32-31-51-27-26-38(32)36-24-25-40-39-20-11-12-22-44(39)52(46(40)30-36)45-23-13-21-41-47(45)50(55)53(49(41)54)48-42(34-16-7-3-8-17-34)28-37(33-14-5-2-6-15-33)29-43(48)35-18-9-4-10-19-35/h2-31H,1H3. The molecule has 0 fully saturated rings. The average Bonchev–Trinajstić information content (AvgIpc) is 3.71. The summed E-state index contributed by atoms with van der Waals surface area (Å²) in [6.45, 7) is 2.06. The highest BCUT2D eigenvalue weighted by Crippen LogP contribution is 2.47. The van der Waals surface area contributed by atoms with Gasteiger partial charge in [0.2, 0.25) is 0 Å². The quantitative estimate of drug-likeness (QED) is 0.162. The number of carbonyl (C=O) groups excluding carboxylic acids is 2. The van der Waals surface area contributed by atoms with E-state index in [4.69, 9.17) is 0 Å². The van der Waals surface area contributed by atoms with E-state index >= 15 is 4.79 Å². The number of amides is 2. The van der Waals surface area contributed by atoms with Crippen molar-refractivity contribution >= 4 is 39.3 Å². The van der Waals surface area contributed by atoms with Crippen LogP contribution in [-0.2, 0) is 0 Å². The van der Waals surface area contributed by atoms with Gasteiger partial charge in [-0.3, -0.25) is 14.6 Å². The molecule has 2 aromatic heterocycles. The normalized spacial score (nSPS) is 12.5. The molecule has 260 valence electrons. The summed E-state index contributed by atoms with van der Waals surface area (Å²) in [6.07, 6.45) is 3.68. The van der Waals surface area contributed by atoms with E-state index < -0.39 is 0 Å². The lowest BCUT2D eigenvalue weighted by molar-refractivity contribution is 0.0926. The van der Waals surface area contributed by atoms with E-state index in [1.807, 2.05) is 122 Å². The van der Waals surface area contributed by atoms with Crippen LogP contribution in [0.5, 0.6) is 0 Å². The SMILES string of the molecule is Cc1cnccc1-c1ccc2c3ccccc3n(-c3cccc4c3C(=O)N(c3c(-c5ccccc5)cc(-c5ccccc5)cc3-c3ccccc3)C4=O)c2c1. The van der Waals surface area contributed by atoms with E-state index in [2.05, 4.69) is 71.1 Å². The topological polar surface area (TPSA) is 55.2 Å². The van der Waals surface area contributed by atoms with Crippen LogP contribution in [0.4, 0.5) is 5.69 Å². The Hall–Kier alpha value is -7.37. The van der Waals surface area contributed by atoms with Crippen molar-refractivity contribution in [2.45, 2.75) is 6.92 Å². The number of hydrogen-bond acceptors (Lipinski definition) is 3. The predicted molar refractivity (Wildman–Crippen MR) is 223 cm³/mol. The predicted octanol–water partition coefficient (Wildman–Crippen LogP) is 12.0. The third-order valence-electron chi connectivity index (χ3n) is 10.7. The Morgan fingerprint density at radius 1 is 0.455 bits per heavy atom. The number of aryl methyl sites for hydroxylation is 1. The largest absolute Gasteiger partial charge is 0.308 e. The molecule has 9 aromatic rings. The Balaban J connectivity index is 1.23. The summed E-state index contributed by atoms with van der Waals surface area (Å²) in [5, 5.41) is 2.13. The van der Waals surface area contributed by atoms with Crippen LogP contribution in [0, 0.1) is 6.92 Å². The summed E-state index contributed by atoms with van der Waals surface area (Å²) in [6, 6.07) is 56.8. The minimum atomic E-state index is -0.357. The molecule has 0 N–H and O–H groups in total. The van der Waals surface area contributed by atoms with Crippen LogP contribution in [0.1, 0.15) is 26.3 Å². The second-order valence-electron chi connectivity index (χ2n) is 13.9. The lowest BCUT2D eigenvalue weighted by Gasteiger charge is -2.24. The smallest absolute Gasteiger partial charge is 0.268 e.